The first-order valence-electron chi connectivity index (χ1n) is 7.71. The Labute approximate surface area is 135 Å². The van der Waals surface area contributed by atoms with Crippen LogP contribution in [0, 0.1) is 12.8 Å². The summed E-state index contributed by atoms with van der Waals surface area (Å²) in [7, 11) is 0. The zero-order valence-electron chi connectivity index (χ0n) is 13.3. The highest BCUT2D eigenvalue weighted by Crippen LogP contribution is 2.28. The fraction of sp³-hybridized carbons (Fsp3) is 0.600. The molecule has 1 aliphatic rings. The number of nitrogens with zero attached hydrogens (tertiary/aromatic N) is 5. The van der Waals surface area contributed by atoms with Crippen molar-refractivity contribution < 1.29 is 0 Å². The lowest BCUT2D eigenvalue weighted by Gasteiger charge is -2.18. The molecule has 0 bridgehead atoms. The monoisotopic (exact) mass is 318 g/mol. The predicted molar refractivity (Wildman–Crippen MR) is 88.6 cm³/mol. The molecule has 1 saturated heterocycles. The van der Waals surface area contributed by atoms with E-state index in [1.165, 1.54) is 17.8 Å². The van der Waals surface area contributed by atoms with E-state index < -0.39 is 0 Å². The van der Waals surface area contributed by atoms with E-state index in [-0.39, 0.29) is 0 Å². The van der Waals surface area contributed by atoms with Gasteiger partial charge in [-0.1, -0.05) is 25.2 Å². The first-order chi connectivity index (χ1) is 10.6. The topological polar surface area (TPSA) is 66.8 Å². The molecule has 3 rings (SSSR count). The van der Waals surface area contributed by atoms with Gasteiger partial charge < -0.3 is 10.2 Å². The number of anilines is 2. The molecule has 1 aliphatic heterocycles. The highest BCUT2D eigenvalue weighted by Gasteiger charge is 2.25. The Morgan fingerprint density at radius 3 is 3.00 bits per heavy atom. The molecule has 0 aromatic carbocycles. The Kier molecular flexibility index (Phi) is 4.63. The molecular weight excluding hydrogens is 296 g/mol. The number of aromatic nitrogens is 4. The van der Waals surface area contributed by atoms with E-state index in [0.717, 1.165) is 42.1 Å². The summed E-state index contributed by atoms with van der Waals surface area (Å²) in [4.78, 5) is 11.6. The number of hydrogen-bond donors (Lipinski definition) is 1. The van der Waals surface area contributed by atoms with Crippen molar-refractivity contribution in [3.8, 4) is 0 Å². The van der Waals surface area contributed by atoms with Crippen LogP contribution in [0.1, 0.15) is 37.7 Å². The van der Waals surface area contributed by atoms with Crippen LogP contribution in [0.25, 0.3) is 0 Å². The molecular formula is C15H22N6S. The van der Waals surface area contributed by atoms with Gasteiger partial charge in [-0.25, -0.2) is 9.97 Å². The predicted octanol–water partition coefficient (Wildman–Crippen LogP) is 2.83. The smallest absolute Gasteiger partial charge is 0.210 e. The third-order valence-electron chi connectivity index (χ3n) is 3.77. The molecule has 0 amide bonds. The van der Waals surface area contributed by atoms with Crippen LogP contribution in [0.4, 0.5) is 10.9 Å². The zero-order valence-corrected chi connectivity index (χ0v) is 14.1. The molecule has 0 radical (unpaired) electrons. The summed E-state index contributed by atoms with van der Waals surface area (Å²) >= 11 is 1.47. The van der Waals surface area contributed by atoms with E-state index in [2.05, 4.69) is 50.3 Å². The molecule has 2 aromatic heterocycles. The van der Waals surface area contributed by atoms with Gasteiger partial charge in [-0.2, -0.15) is 0 Å². The average Bonchev–Trinajstić information content (AvgIpc) is 3.09. The average molecular weight is 318 g/mol. The number of rotatable bonds is 5. The van der Waals surface area contributed by atoms with Crippen LogP contribution in [0.5, 0.6) is 0 Å². The Bertz CT molecular complexity index is 613. The van der Waals surface area contributed by atoms with Crippen LogP contribution < -0.4 is 5.32 Å². The number of hydrogen-bond acceptors (Lipinski definition) is 7. The molecule has 3 heterocycles. The van der Waals surface area contributed by atoms with Crippen LogP contribution in [-0.4, -0.2) is 44.7 Å². The van der Waals surface area contributed by atoms with Gasteiger partial charge in [0.2, 0.25) is 5.13 Å². The SMILES string of the molecule is Cc1nc(Nc2nncs2)cc(C2CCN(CC(C)C)C2)n1. The number of nitrogens with one attached hydrogen (secondary N) is 1. The quantitative estimate of drug-likeness (QED) is 0.914. The van der Waals surface area contributed by atoms with E-state index in [4.69, 9.17) is 0 Å². The molecule has 2 aromatic rings. The maximum absolute atomic E-state index is 4.65. The highest BCUT2D eigenvalue weighted by atomic mass is 32.1. The first kappa shape index (κ1) is 15.3. The largest absolute Gasteiger partial charge is 0.315 e. The summed E-state index contributed by atoms with van der Waals surface area (Å²) in [5.74, 6) is 2.81. The van der Waals surface area contributed by atoms with Gasteiger partial charge in [-0.05, 0) is 25.8 Å². The molecule has 1 atom stereocenters. The fourth-order valence-corrected chi connectivity index (χ4v) is 3.41. The van der Waals surface area contributed by atoms with Crippen molar-refractivity contribution in [1.29, 1.82) is 0 Å². The summed E-state index contributed by atoms with van der Waals surface area (Å²) < 4.78 is 0. The van der Waals surface area contributed by atoms with Crippen molar-refractivity contribution in [1.82, 2.24) is 25.1 Å². The third kappa shape index (κ3) is 3.78. The second-order valence-corrected chi connectivity index (χ2v) is 7.07. The Morgan fingerprint density at radius 2 is 2.27 bits per heavy atom. The van der Waals surface area contributed by atoms with Crippen LogP contribution >= 0.6 is 11.3 Å². The Hall–Kier alpha value is -1.60. The molecule has 0 aliphatic carbocycles. The van der Waals surface area contributed by atoms with Crippen molar-refractivity contribution in [2.75, 3.05) is 25.0 Å². The normalized spacial score (nSPS) is 19.0. The standard InChI is InChI=1S/C15H22N6S/c1-10(2)7-21-5-4-12(8-21)13-6-14(18-11(3)17-13)19-15-20-16-9-22-15/h6,9-10,12H,4-5,7-8H2,1-3H3,(H,17,18,19,20). The Morgan fingerprint density at radius 1 is 1.41 bits per heavy atom. The minimum atomic E-state index is 0.496. The second-order valence-electron chi connectivity index (χ2n) is 6.23. The molecule has 118 valence electrons. The van der Waals surface area contributed by atoms with Gasteiger partial charge >= 0.3 is 0 Å². The van der Waals surface area contributed by atoms with E-state index >= 15 is 0 Å². The van der Waals surface area contributed by atoms with Gasteiger partial charge in [0.15, 0.2) is 0 Å². The summed E-state index contributed by atoms with van der Waals surface area (Å²) in [5.41, 5.74) is 2.84. The van der Waals surface area contributed by atoms with Crippen molar-refractivity contribution in [2.45, 2.75) is 33.1 Å². The van der Waals surface area contributed by atoms with Crippen molar-refractivity contribution in [2.24, 2.45) is 5.92 Å². The van der Waals surface area contributed by atoms with Crippen LogP contribution in [0.15, 0.2) is 11.6 Å². The molecule has 7 heteroatoms. The van der Waals surface area contributed by atoms with Gasteiger partial charge in [0.05, 0.1) is 5.69 Å². The lowest BCUT2D eigenvalue weighted by Crippen LogP contribution is -2.25. The lowest BCUT2D eigenvalue weighted by molar-refractivity contribution is 0.294. The zero-order chi connectivity index (χ0) is 15.5. The highest BCUT2D eigenvalue weighted by molar-refractivity contribution is 7.13. The summed E-state index contributed by atoms with van der Waals surface area (Å²) in [6.07, 6.45) is 1.17. The maximum atomic E-state index is 4.65. The minimum absolute atomic E-state index is 0.496. The summed E-state index contributed by atoms with van der Waals surface area (Å²) in [5, 5.41) is 11.8. The van der Waals surface area contributed by atoms with E-state index in [9.17, 15) is 0 Å². The Balaban J connectivity index is 1.72. The molecule has 1 N–H and O–H groups in total. The van der Waals surface area contributed by atoms with Crippen molar-refractivity contribution in [3.05, 3.63) is 23.1 Å². The lowest BCUT2D eigenvalue weighted by atomic mass is 10.0. The molecule has 6 nitrogen and oxygen atoms in total. The number of aryl methyl sites for hydroxylation is 1. The van der Waals surface area contributed by atoms with Crippen LogP contribution in [0.2, 0.25) is 0 Å². The van der Waals surface area contributed by atoms with Gasteiger partial charge in [0, 0.05) is 25.1 Å². The third-order valence-corrected chi connectivity index (χ3v) is 4.37. The first-order valence-corrected chi connectivity index (χ1v) is 8.59. The van der Waals surface area contributed by atoms with Crippen LogP contribution in [0.3, 0.4) is 0 Å². The fourth-order valence-electron chi connectivity index (χ4n) is 2.96. The van der Waals surface area contributed by atoms with E-state index in [1.807, 2.05) is 6.92 Å². The van der Waals surface area contributed by atoms with Gasteiger partial charge in [0.1, 0.15) is 17.2 Å². The van der Waals surface area contributed by atoms with Gasteiger partial charge in [0.25, 0.3) is 0 Å². The minimum Gasteiger partial charge on any atom is -0.315 e. The molecule has 0 saturated carbocycles. The van der Waals surface area contributed by atoms with Crippen molar-refractivity contribution >= 4 is 22.3 Å². The molecule has 1 fully saturated rings. The van der Waals surface area contributed by atoms with Gasteiger partial charge in [-0.3, -0.25) is 0 Å². The van der Waals surface area contributed by atoms with Crippen LogP contribution in [-0.2, 0) is 0 Å². The maximum Gasteiger partial charge on any atom is 0.210 e. The molecule has 0 spiro atoms. The molecule has 22 heavy (non-hydrogen) atoms. The van der Waals surface area contributed by atoms with Gasteiger partial charge in [-0.15, -0.1) is 10.2 Å². The molecule has 1 unspecified atom stereocenters. The second kappa shape index (κ2) is 6.66. The van der Waals surface area contributed by atoms with E-state index in [1.54, 1.807) is 5.51 Å². The summed E-state index contributed by atoms with van der Waals surface area (Å²) in [6, 6.07) is 2.05. The summed E-state index contributed by atoms with van der Waals surface area (Å²) in [6.45, 7) is 9.89. The number of likely N-dealkylation sites (tertiary alicyclic amines) is 1. The van der Waals surface area contributed by atoms with Crippen molar-refractivity contribution in [3.63, 3.8) is 0 Å². The van der Waals surface area contributed by atoms with E-state index in [0.29, 0.717) is 11.8 Å².